The lowest BCUT2D eigenvalue weighted by Crippen LogP contribution is -2.09. The number of rotatable bonds is 2. The van der Waals surface area contributed by atoms with Gasteiger partial charge in [-0.1, -0.05) is 5.21 Å². The van der Waals surface area contributed by atoms with Crippen LogP contribution in [-0.4, -0.2) is 26.1 Å². The van der Waals surface area contributed by atoms with Crippen LogP contribution in [0.25, 0.3) is 0 Å². The molecular formula is C6H10N4O2. The highest BCUT2D eigenvalue weighted by Gasteiger charge is 2.16. The number of carboxylic acids is 1. The molecule has 0 radical (unpaired) electrons. The SMILES string of the molecule is CC(C)n1nnc(C(=O)O)c1N. The summed E-state index contributed by atoms with van der Waals surface area (Å²) in [6.45, 7) is 3.69. The first-order valence-corrected chi connectivity index (χ1v) is 3.48. The maximum atomic E-state index is 10.5. The van der Waals surface area contributed by atoms with Crippen LogP contribution in [0.15, 0.2) is 0 Å². The van der Waals surface area contributed by atoms with Crippen LogP contribution in [0.5, 0.6) is 0 Å². The van der Waals surface area contributed by atoms with Gasteiger partial charge in [0, 0.05) is 0 Å². The van der Waals surface area contributed by atoms with Gasteiger partial charge in [-0.3, -0.25) is 0 Å². The summed E-state index contributed by atoms with van der Waals surface area (Å²) in [5.41, 5.74) is 5.27. The molecule has 0 aliphatic carbocycles. The molecule has 0 aliphatic rings. The van der Waals surface area contributed by atoms with Crippen LogP contribution < -0.4 is 5.73 Å². The van der Waals surface area contributed by atoms with Crippen LogP contribution in [0, 0.1) is 0 Å². The molecule has 0 amide bonds. The molecule has 1 aromatic heterocycles. The van der Waals surface area contributed by atoms with Crippen molar-refractivity contribution >= 4 is 11.8 Å². The number of aromatic nitrogens is 3. The third-order valence-corrected chi connectivity index (χ3v) is 1.42. The van der Waals surface area contributed by atoms with E-state index >= 15 is 0 Å². The molecule has 0 aliphatic heterocycles. The Kier molecular flexibility index (Phi) is 1.99. The molecule has 1 heterocycles. The highest BCUT2D eigenvalue weighted by Crippen LogP contribution is 2.12. The maximum Gasteiger partial charge on any atom is 0.360 e. The fourth-order valence-electron chi connectivity index (χ4n) is 0.835. The van der Waals surface area contributed by atoms with Crippen LogP contribution in [0.3, 0.4) is 0 Å². The van der Waals surface area contributed by atoms with Crippen LogP contribution in [-0.2, 0) is 0 Å². The van der Waals surface area contributed by atoms with Crippen molar-refractivity contribution in [2.75, 3.05) is 5.73 Å². The predicted octanol–water partition coefficient (Wildman–Crippen LogP) is 0.139. The van der Waals surface area contributed by atoms with Gasteiger partial charge < -0.3 is 10.8 Å². The molecular weight excluding hydrogens is 160 g/mol. The lowest BCUT2D eigenvalue weighted by Gasteiger charge is -2.04. The average molecular weight is 170 g/mol. The number of hydrogen-bond acceptors (Lipinski definition) is 4. The van der Waals surface area contributed by atoms with E-state index in [4.69, 9.17) is 10.8 Å². The topological polar surface area (TPSA) is 94.0 Å². The van der Waals surface area contributed by atoms with Crippen molar-refractivity contribution in [3.05, 3.63) is 5.69 Å². The number of nitrogens with zero attached hydrogens (tertiary/aromatic N) is 3. The molecule has 6 nitrogen and oxygen atoms in total. The number of carboxylic acid groups (broad SMARTS) is 1. The van der Waals surface area contributed by atoms with Gasteiger partial charge in [0.15, 0.2) is 5.82 Å². The molecule has 1 rings (SSSR count). The number of carbonyl (C=O) groups is 1. The summed E-state index contributed by atoms with van der Waals surface area (Å²) in [6.07, 6.45) is 0. The summed E-state index contributed by atoms with van der Waals surface area (Å²) in [6, 6.07) is 0.0191. The van der Waals surface area contributed by atoms with E-state index in [-0.39, 0.29) is 17.6 Å². The first-order valence-electron chi connectivity index (χ1n) is 3.48. The fraction of sp³-hybridized carbons (Fsp3) is 0.500. The van der Waals surface area contributed by atoms with Gasteiger partial charge >= 0.3 is 5.97 Å². The molecule has 6 heteroatoms. The fourth-order valence-corrected chi connectivity index (χ4v) is 0.835. The molecule has 0 fully saturated rings. The standard InChI is InChI=1S/C6H10N4O2/c1-3(2)10-5(7)4(6(11)12)8-9-10/h3H,7H2,1-2H3,(H,11,12). The number of anilines is 1. The molecule has 0 saturated heterocycles. The molecule has 1 aromatic rings. The number of hydrogen-bond donors (Lipinski definition) is 2. The lowest BCUT2D eigenvalue weighted by atomic mass is 10.4. The van der Waals surface area contributed by atoms with E-state index in [0.29, 0.717) is 0 Å². The largest absolute Gasteiger partial charge is 0.476 e. The second-order valence-corrected chi connectivity index (χ2v) is 2.67. The first kappa shape index (κ1) is 8.51. The molecule has 0 saturated carbocycles. The highest BCUT2D eigenvalue weighted by atomic mass is 16.4. The summed E-state index contributed by atoms with van der Waals surface area (Å²) in [7, 11) is 0. The zero-order valence-electron chi connectivity index (χ0n) is 6.85. The van der Waals surface area contributed by atoms with E-state index in [0.717, 1.165) is 0 Å². The van der Waals surface area contributed by atoms with Crippen molar-refractivity contribution in [2.24, 2.45) is 0 Å². The van der Waals surface area contributed by atoms with Crippen LogP contribution in [0.2, 0.25) is 0 Å². The summed E-state index contributed by atoms with van der Waals surface area (Å²) in [5.74, 6) is -1.06. The molecule has 0 unspecified atom stereocenters. The van der Waals surface area contributed by atoms with Gasteiger partial charge in [0.05, 0.1) is 6.04 Å². The second-order valence-electron chi connectivity index (χ2n) is 2.67. The Balaban J connectivity index is 3.13. The summed E-state index contributed by atoms with van der Waals surface area (Å²) >= 11 is 0. The summed E-state index contributed by atoms with van der Waals surface area (Å²) in [5, 5.41) is 15.6. The molecule has 12 heavy (non-hydrogen) atoms. The second kappa shape index (κ2) is 2.80. The Bertz CT molecular complexity index is 304. The number of nitrogen functional groups attached to an aromatic ring is 1. The van der Waals surface area contributed by atoms with E-state index < -0.39 is 5.97 Å². The van der Waals surface area contributed by atoms with Gasteiger partial charge in [-0.25, -0.2) is 9.48 Å². The van der Waals surface area contributed by atoms with Gasteiger partial charge in [-0.2, -0.15) is 0 Å². The first-order chi connectivity index (χ1) is 5.54. The molecule has 0 aromatic carbocycles. The zero-order chi connectivity index (χ0) is 9.30. The normalized spacial score (nSPS) is 10.6. The lowest BCUT2D eigenvalue weighted by molar-refractivity contribution is 0.0691. The average Bonchev–Trinajstić information content (AvgIpc) is 2.30. The number of nitrogens with two attached hydrogens (primary N) is 1. The third kappa shape index (κ3) is 1.23. The Hall–Kier alpha value is -1.59. The maximum absolute atomic E-state index is 10.5. The third-order valence-electron chi connectivity index (χ3n) is 1.42. The van der Waals surface area contributed by atoms with E-state index in [1.165, 1.54) is 4.68 Å². The van der Waals surface area contributed by atoms with Gasteiger partial charge in [-0.05, 0) is 13.8 Å². The quantitative estimate of drug-likeness (QED) is 0.658. The minimum absolute atomic E-state index is 0.0191. The van der Waals surface area contributed by atoms with Crippen molar-refractivity contribution in [2.45, 2.75) is 19.9 Å². The smallest absolute Gasteiger partial charge is 0.360 e. The monoisotopic (exact) mass is 170 g/mol. The van der Waals surface area contributed by atoms with Crippen molar-refractivity contribution < 1.29 is 9.90 Å². The van der Waals surface area contributed by atoms with Crippen LogP contribution in [0.4, 0.5) is 5.82 Å². The van der Waals surface area contributed by atoms with E-state index in [1.54, 1.807) is 0 Å². The van der Waals surface area contributed by atoms with E-state index in [1.807, 2.05) is 13.8 Å². The van der Waals surface area contributed by atoms with E-state index in [2.05, 4.69) is 10.3 Å². The summed E-state index contributed by atoms with van der Waals surface area (Å²) in [4.78, 5) is 10.5. The van der Waals surface area contributed by atoms with Crippen molar-refractivity contribution in [1.29, 1.82) is 0 Å². The highest BCUT2D eigenvalue weighted by molar-refractivity contribution is 5.90. The minimum Gasteiger partial charge on any atom is -0.476 e. The van der Waals surface area contributed by atoms with Gasteiger partial charge in [0.1, 0.15) is 0 Å². The zero-order valence-corrected chi connectivity index (χ0v) is 6.85. The van der Waals surface area contributed by atoms with Gasteiger partial charge in [0.25, 0.3) is 0 Å². The van der Waals surface area contributed by atoms with Gasteiger partial charge in [-0.15, -0.1) is 5.10 Å². The molecule has 0 atom stereocenters. The number of aromatic carboxylic acids is 1. The van der Waals surface area contributed by atoms with E-state index in [9.17, 15) is 4.79 Å². The van der Waals surface area contributed by atoms with Crippen molar-refractivity contribution in [3.63, 3.8) is 0 Å². The summed E-state index contributed by atoms with van der Waals surface area (Å²) < 4.78 is 1.36. The van der Waals surface area contributed by atoms with Crippen molar-refractivity contribution in [1.82, 2.24) is 15.0 Å². The Labute approximate surface area is 69.0 Å². The Morgan fingerprint density at radius 3 is 2.50 bits per heavy atom. The van der Waals surface area contributed by atoms with Crippen LogP contribution >= 0.6 is 0 Å². The van der Waals surface area contributed by atoms with Crippen molar-refractivity contribution in [3.8, 4) is 0 Å². The van der Waals surface area contributed by atoms with Crippen LogP contribution in [0.1, 0.15) is 30.4 Å². The van der Waals surface area contributed by atoms with Gasteiger partial charge in [0.2, 0.25) is 5.69 Å². The molecule has 0 spiro atoms. The molecule has 3 N–H and O–H groups in total. The Morgan fingerprint density at radius 1 is 1.67 bits per heavy atom. The predicted molar refractivity (Wildman–Crippen MR) is 41.8 cm³/mol. The molecule has 66 valence electrons. The minimum atomic E-state index is -1.15. The Morgan fingerprint density at radius 2 is 2.25 bits per heavy atom. The molecule has 0 bridgehead atoms.